The number of hydrogen-bond donors (Lipinski definition) is 9. The van der Waals surface area contributed by atoms with E-state index in [1.54, 1.807) is 6.08 Å². The molecule has 3 heterocycles. The SMILES string of the molecule is CCCCCCCCCCCCCCCCCCCCCCC/C=C/C(=O)SCCNC(=O)CCNC(=O)C(O)C(C)(C)COP(=O)(O)OP(=O)(O)OCC1OC(n2cnc3c(N)ncnc32)C(O)C1OP(=O)(O)O. The van der Waals surface area contributed by atoms with Crippen molar-refractivity contribution in [2.24, 2.45) is 5.41 Å². The van der Waals surface area contributed by atoms with Gasteiger partial charge >= 0.3 is 23.5 Å². The fraction of sp³-hybridized carbons (Fsp3) is 0.787. The molecular formula is C47H84N7O17P3S. The van der Waals surface area contributed by atoms with Crippen molar-refractivity contribution >= 4 is 69.1 Å². The molecule has 1 fully saturated rings. The zero-order valence-electron chi connectivity index (χ0n) is 43.8. The van der Waals surface area contributed by atoms with Gasteiger partial charge in [-0.2, -0.15) is 4.31 Å². The number of imidazole rings is 1. The topological polar surface area (TPSA) is 364 Å². The molecule has 1 aliphatic rings. The molecule has 2 aromatic rings. The molecule has 1 saturated heterocycles. The Bertz CT molecular complexity index is 2190. The summed E-state index contributed by atoms with van der Waals surface area (Å²) in [4.78, 5) is 88.5. The maximum atomic E-state index is 12.8. The number of nitrogens with two attached hydrogens (primary N) is 1. The summed E-state index contributed by atoms with van der Waals surface area (Å²) in [7, 11) is -16.4. The number of fused-ring (bicyclic) bond motifs is 1. The first-order chi connectivity index (χ1) is 35.6. The minimum Gasteiger partial charge on any atom is -0.386 e. The Morgan fingerprint density at radius 1 is 0.813 bits per heavy atom. The number of carbonyl (C=O) groups excluding carboxylic acids is 3. The Hall–Kier alpha value is -2.70. The monoisotopic (exact) mass is 1140 g/mol. The zero-order valence-corrected chi connectivity index (χ0v) is 47.3. The zero-order chi connectivity index (χ0) is 55.3. The molecule has 0 aromatic carbocycles. The van der Waals surface area contributed by atoms with Crippen LogP contribution in [0.15, 0.2) is 24.8 Å². The van der Waals surface area contributed by atoms with Crippen molar-refractivity contribution < 1.29 is 80.5 Å². The van der Waals surface area contributed by atoms with Crippen LogP contribution in [0.5, 0.6) is 0 Å². The second-order valence-electron chi connectivity index (χ2n) is 19.5. The van der Waals surface area contributed by atoms with Crippen LogP contribution in [0, 0.1) is 5.41 Å². The molecule has 2 amide bonds. The van der Waals surface area contributed by atoms with E-state index in [2.05, 4.69) is 41.3 Å². The highest BCUT2D eigenvalue weighted by Gasteiger charge is 2.50. The van der Waals surface area contributed by atoms with E-state index < -0.39 is 84.6 Å². The average molecular weight is 1140 g/mol. The van der Waals surface area contributed by atoms with E-state index in [1.165, 1.54) is 136 Å². The van der Waals surface area contributed by atoms with Gasteiger partial charge in [-0.3, -0.25) is 32.5 Å². The van der Waals surface area contributed by atoms with Crippen LogP contribution in [0.1, 0.15) is 175 Å². The van der Waals surface area contributed by atoms with Crippen LogP contribution in [-0.2, 0) is 50.7 Å². The minimum atomic E-state index is -5.58. The summed E-state index contributed by atoms with van der Waals surface area (Å²) in [6.07, 6.45) is 25.4. The molecule has 75 heavy (non-hydrogen) atoms. The summed E-state index contributed by atoms with van der Waals surface area (Å²) in [5.41, 5.74) is 4.29. The third kappa shape index (κ3) is 27.2. The molecule has 0 bridgehead atoms. The molecule has 7 atom stereocenters. The molecule has 0 aliphatic carbocycles. The summed E-state index contributed by atoms with van der Waals surface area (Å²) in [6, 6.07) is 0. The normalized spacial score (nSPS) is 19.3. The standard InChI is InChI=1S/C47H84N7O17P3S/c1-4-5-6-7-8-9-10-11-12-13-14-15-16-17-18-19-20-21-22-23-24-25-26-27-38(56)75-31-30-49-37(55)28-29-50-45(59)42(58)47(2,3)33-68-74(65,66)71-73(63,64)67-32-36-41(70-72(60,61)62)40(57)46(69-36)54-35-53-39-43(48)51-34-52-44(39)54/h26-27,34-36,40-42,46,57-58H,4-25,28-33H2,1-3H3,(H,49,55)(H,50,59)(H,63,64)(H,65,66)(H2,48,51,52)(H2,60,61,62)/b27-26+. The summed E-state index contributed by atoms with van der Waals surface area (Å²) < 4.78 is 62.5. The van der Waals surface area contributed by atoms with Gasteiger partial charge in [0, 0.05) is 30.7 Å². The highest BCUT2D eigenvalue weighted by atomic mass is 32.2. The lowest BCUT2D eigenvalue weighted by Gasteiger charge is -2.30. The van der Waals surface area contributed by atoms with Crippen molar-refractivity contribution in [2.45, 2.75) is 199 Å². The van der Waals surface area contributed by atoms with Crippen molar-refractivity contribution in [1.82, 2.24) is 30.2 Å². The molecule has 24 nitrogen and oxygen atoms in total. The first kappa shape index (κ1) is 66.6. The second-order valence-corrected chi connectivity index (χ2v) is 24.8. The maximum absolute atomic E-state index is 12.8. The highest BCUT2D eigenvalue weighted by Crippen LogP contribution is 2.61. The largest absolute Gasteiger partial charge is 0.481 e. The number of aromatic nitrogens is 4. The van der Waals surface area contributed by atoms with Crippen LogP contribution in [0.3, 0.4) is 0 Å². The third-order valence-electron chi connectivity index (χ3n) is 12.5. The van der Waals surface area contributed by atoms with Crippen molar-refractivity contribution in [2.75, 3.05) is 37.8 Å². The number of anilines is 1. The molecule has 28 heteroatoms. The number of amides is 2. The first-order valence-corrected chi connectivity index (χ1v) is 31.8. The van der Waals surface area contributed by atoms with E-state index >= 15 is 0 Å². The van der Waals surface area contributed by atoms with Crippen LogP contribution in [0.4, 0.5) is 5.82 Å². The van der Waals surface area contributed by atoms with Gasteiger partial charge in [-0.15, -0.1) is 0 Å². The van der Waals surface area contributed by atoms with Crippen molar-refractivity contribution in [1.29, 1.82) is 0 Å². The second kappa shape index (κ2) is 35.0. The van der Waals surface area contributed by atoms with Crippen LogP contribution in [0.2, 0.25) is 0 Å². The summed E-state index contributed by atoms with van der Waals surface area (Å²) >= 11 is 1.08. The number of nitrogen functional groups attached to an aromatic ring is 1. The number of carbonyl (C=O) groups is 3. The minimum absolute atomic E-state index is 0.0332. The Morgan fingerprint density at radius 3 is 1.92 bits per heavy atom. The lowest BCUT2D eigenvalue weighted by molar-refractivity contribution is -0.137. The van der Waals surface area contributed by atoms with Crippen LogP contribution < -0.4 is 16.4 Å². The molecule has 1 aliphatic heterocycles. The lowest BCUT2D eigenvalue weighted by Crippen LogP contribution is -2.46. The number of nitrogens with one attached hydrogen (secondary N) is 2. The molecule has 0 radical (unpaired) electrons. The quantitative estimate of drug-likeness (QED) is 0.0174. The molecule has 10 N–H and O–H groups in total. The van der Waals surface area contributed by atoms with E-state index in [4.69, 9.17) is 19.5 Å². The number of allylic oxidation sites excluding steroid dienone is 1. The van der Waals surface area contributed by atoms with E-state index in [0.717, 1.165) is 48.2 Å². The van der Waals surface area contributed by atoms with Crippen molar-refractivity contribution in [3.63, 3.8) is 0 Å². The van der Waals surface area contributed by atoms with Gasteiger partial charge in [-0.1, -0.05) is 167 Å². The Labute approximate surface area is 445 Å². The summed E-state index contributed by atoms with van der Waals surface area (Å²) in [6.45, 7) is 2.80. The molecule has 7 unspecified atom stereocenters. The van der Waals surface area contributed by atoms with Gasteiger partial charge in [-0.05, 0) is 18.9 Å². The molecular weight excluding hydrogens is 1060 g/mol. The molecule has 3 rings (SSSR count). The van der Waals surface area contributed by atoms with Crippen molar-refractivity contribution in [3.8, 4) is 0 Å². The average Bonchev–Trinajstić information content (AvgIpc) is 3.91. The lowest BCUT2D eigenvalue weighted by atomic mass is 9.87. The predicted molar refractivity (Wildman–Crippen MR) is 283 cm³/mol. The van der Waals surface area contributed by atoms with Gasteiger partial charge in [-0.25, -0.2) is 28.6 Å². The summed E-state index contributed by atoms with van der Waals surface area (Å²) in [5.74, 6) is -1.09. The number of rotatable bonds is 42. The van der Waals surface area contributed by atoms with Gasteiger partial charge in [0.2, 0.25) is 16.9 Å². The molecule has 430 valence electrons. The molecule has 2 aromatic heterocycles. The number of thioether (sulfide) groups is 1. The van der Waals surface area contributed by atoms with Crippen LogP contribution in [-0.4, -0.2) is 123 Å². The fourth-order valence-electron chi connectivity index (χ4n) is 8.20. The molecule has 0 saturated carbocycles. The smallest absolute Gasteiger partial charge is 0.386 e. The van der Waals surface area contributed by atoms with Gasteiger partial charge in [0.1, 0.15) is 36.3 Å². The van der Waals surface area contributed by atoms with Crippen LogP contribution in [0.25, 0.3) is 11.2 Å². The summed E-state index contributed by atoms with van der Waals surface area (Å²) in [5, 5.41) is 26.5. The number of hydrogen-bond acceptors (Lipinski definition) is 18. The Kier molecular flexibility index (Phi) is 31.1. The number of nitrogens with zero attached hydrogens (tertiary/aromatic N) is 4. The number of aliphatic hydroxyl groups is 2. The third-order valence-corrected chi connectivity index (χ3v) is 16.4. The Balaban J connectivity index is 1.21. The van der Waals surface area contributed by atoms with E-state index in [1.807, 2.05) is 6.08 Å². The first-order valence-electron chi connectivity index (χ1n) is 26.3. The van der Waals surface area contributed by atoms with Crippen LogP contribution >= 0.6 is 35.2 Å². The highest BCUT2D eigenvalue weighted by molar-refractivity contribution is 8.14. The Morgan fingerprint density at radius 2 is 1.36 bits per heavy atom. The predicted octanol–water partition coefficient (Wildman–Crippen LogP) is 7.82. The van der Waals surface area contributed by atoms with Gasteiger partial charge in [0.15, 0.2) is 17.7 Å². The van der Waals surface area contributed by atoms with Gasteiger partial charge in [0.25, 0.3) is 0 Å². The molecule has 0 spiro atoms. The van der Waals surface area contributed by atoms with E-state index in [-0.39, 0.29) is 41.6 Å². The number of phosphoric ester groups is 3. The van der Waals surface area contributed by atoms with Crippen molar-refractivity contribution in [3.05, 3.63) is 24.8 Å². The van der Waals surface area contributed by atoms with E-state index in [0.29, 0.717) is 5.75 Å². The number of aliphatic hydroxyl groups excluding tert-OH is 2. The maximum Gasteiger partial charge on any atom is 0.481 e. The number of ether oxygens (including phenoxy) is 1. The van der Waals surface area contributed by atoms with Gasteiger partial charge in [0.05, 0.1) is 19.5 Å². The number of phosphoric acid groups is 3. The van der Waals surface area contributed by atoms with Gasteiger partial charge < -0.3 is 50.9 Å². The van der Waals surface area contributed by atoms with E-state index in [9.17, 15) is 57.9 Å². The fourth-order valence-corrected chi connectivity index (χ4v) is 11.6. The number of unbranched alkanes of at least 4 members (excludes halogenated alkanes) is 21.